The highest BCUT2D eigenvalue weighted by atomic mass is 32.2. The fourth-order valence-corrected chi connectivity index (χ4v) is 3.41. The molecule has 0 saturated heterocycles. The van der Waals surface area contributed by atoms with Crippen molar-refractivity contribution in [1.29, 1.82) is 5.26 Å². The maximum Gasteiger partial charge on any atom is 0.270 e. The molecule has 9 heteroatoms. The third-order valence-electron chi connectivity index (χ3n) is 4.03. The number of ether oxygens (including phenoxy) is 1. The van der Waals surface area contributed by atoms with E-state index < -0.39 is 5.56 Å². The number of aromatic nitrogens is 2. The van der Waals surface area contributed by atoms with E-state index in [2.05, 4.69) is 9.97 Å². The van der Waals surface area contributed by atoms with E-state index >= 15 is 0 Å². The summed E-state index contributed by atoms with van der Waals surface area (Å²) in [6, 6.07) is 8.96. The molecule has 0 fully saturated rings. The number of nitriles is 1. The lowest BCUT2D eigenvalue weighted by Gasteiger charge is -2.07. The summed E-state index contributed by atoms with van der Waals surface area (Å²) in [7, 11) is 1.57. The lowest BCUT2D eigenvalue weighted by Crippen LogP contribution is -2.17. The summed E-state index contributed by atoms with van der Waals surface area (Å²) in [6.07, 6.45) is 3.72. The minimum absolute atomic E-state index is 0.0170. The van der Waals surface area contributed by atoms with E-state index in [1.165, 1.54) is 11.8 Å². The zero-order chi connectivity index (χ0) is 20.4. The third kappa shape index (κ3) is 6.11. The van der Waals surface area contributed by atoms with Crippen molar-refractivity contribution in [3.05, 3.63) is 40.2 Å². The van der Waals surface area contributed by atoms with Crippen LogP contribution in [0, 0.1) is 11.3 Å². The van der Waals surface area contributed by atoms with E-state index in [0.717, 1.165) is 25.0 Å². The molecule has 8 nitrogen and oxygen atoms in total. The number of amides is 1. The molecule has 1 aromatic heterocycles. The van der Waals surface area contributed by atoms with Crippen molar-refractivity contribution in [1.82, 2.24) is 15.4 Å². The second-order valence-corrected chi connectivity index (χ2v) is 7.07. The van der Waals surface area contributed by atoms with Crippen LogP contribution in [-0.4, -0.2) is 33.9 Å². The average molecular weight is 402 g/mol. The molecule has 1 heterocycles. The second-order valence-electron chi connectivity index (χ2n) is 5.98. The summed E-state index contributed by atoms with van der Waals surface area (Å²) >= 11 is 1.42. The van der Waals surface area contributed by atoms with Gasteiger partial charge in [-0.2, -0.15) is 5.26 Å². The Morgan fingerprint density at radius 2 is 2.00 bits per heavy atom. The van der Waals surface area contributed by atoms with E-state index in [0.29, 0.717) is 35.0 Å². The molecule has 1 aromatic carbocycles. The third-order valence-corrected chi connectivity index (χ3v) is 4.99. The first-order chi connectivity index (χ1) is 13.6. The SMILES string of the molecule is COc1ccc(-c2nc(SCCCCCCC(=O)NO)[nH]c(=O)c2C#N)cc1. The van der Waals surface area contributed by atoms with Gasteiger partial charge in [-0.05, 0) is 37.1 Å². The first-order valence-corrected chi connectivity index (χ1v) is 9.82. The zero-order valence-electron chi connectivity index (χ0n) is 15.5. The molecule has 0 spiro atoms. The normalized spacial score (nSPS) is 10.3. The number of hydrogen-bond donors (Lipinski definition) is 3. The molecule has 0 saturated carbocycles. The average Bonchev–Trinajstić information content (AvgIpc) is 2.72. The number of rotatable bonds is 10. The minimum atomic E-state index is -0.458. The summed E-state index contributed by atoms with van der Waals surface area (Å²) in [6.45, 7) is 0. The summed E-state index contributed by atoms with van der Waals surface area (Å²) in [5, 5.41) is 18.2. The van der Waals surface area contributed by atoms with Gasteiger partial charge in [0.05, 0.1) is 12.8 Å². The molecule has 0 atom stereocenters. The van der Waals surface area contributed by atoms with Gasteiger partial charge in [-0.15, -0.1) is 0 Å². The number of aromatic amines is 1. The van der Waals surface area contributed by atoms with Crippen LogP contribution >= 0.6 is 11.8 Å². The van der Waals surface area contributed by atoms with Crippen molar-refractivity contribution in [3.8, 4) is 23.1 Å². The number of unbranched alkanes of at least 4 members (excludes halogenated alkanes) is 3. The van der Waals surface area contributed by atoms with Crippen molar-refractivity contribution < 1.29 is 14.7 Å². The lowest BCUT2D eigenvalue weighted by molar-refractivity contribution is -0.129. The molecule has 0 aliphatic heterocycles. The molecule has 2 aromatic rings. The van der Waals surface area contributed by atoms with Crippen molar-refractivity contribution in [3.63, 3.8) is 0 Å². The number of carbonyl (C=O) groups excluding carboxylic acids is 1. The Morgan fingerprint density at radius 3 is 2.64 bits per heavy atom. The number of benzene rings is 1. The Morgan fingerprint density at radius 1 is 1.29 bits per heavy atom. The number of nitrogens with zero attached hydrogens (tertiary/aromatic N) is 2. The first kappa shape index (κ1) is 21.5. The van der Waals surface area contributed by atoms with Gasteiger partial charge in [0.2, 0.25) is 5.91 Å². The fraction of sp³-hybridized carbons (Fsp3) is 0.368. The quantitative estimate of drug-likeness (QED) is 0.183. The van der Waals surface area contributed by atoms with Crippen LogP contribution in [0.25, 0.3) is 11.3 Å². The maximum absolute atomic E-state index is 12.2. The highest BCUT2D eigenvalue weighted by Gasteiger charge is 2.13. The number of nitrogens with one attached hydrogen (secondary N) is 2. The monoisotopic (exact) mass is 402 g/mol. The van der Waals surface area contributed by atoms with Gasteiger partial charge < -0.3 is 9.72 Å². The molecular formula is C19H22N4O4S. The van der Waals surface area contributed by atoms with Crippen LogP contribution in [0.4, 0.5) is 0 Å². The predicted octanol–water partition coefficient (Wildman–Crippen LogP) is 2.87. The molecule has 3 N–H and O–H groups in total. The Kier molecular flexibility index (Phi) is 8.52. The summed E-state index contributed by atoms with van der Waals surface area (Å²) < 4.78 is 5.13. The Labute approximate surface area is 166 Å². The van der Waals surface area contributed by atoms with Gasteiger partial charge in [-0.25, -0.2) is 10.5 Å². The molecule has 0 radical (unpaired) electrons. The van der Waals surface area contributed by atoms with Crippen LogP contribution in [0.1, 0.15) is 37.7 Å². The van der Waals surface area contributed by atoms with Gasteiger partial charge in [-0.3, -0.25) is 14.8 Å². The van der Waals surface area contributed by atoms with Gasteiger partial charge in [0, 0.05) is 17.7 Å². The summed E-state index contributed by atoms with van der Waals surface area (Å²) in [5.41, 5.74) is 2.17. The fourth-order valence-electron chi connectivity index (χ4n) is 2.55. The largest absolute Gasteiger partial charge is 0.497 e. The van der Waals surface area contributed by atoms with E-state index in [1.54, 1.807) is 36.9 Å². The molecule has 2 rings (SSSR count). The standard InChI is InChI=1S/C19H22N4O4S/c1-27-14-9-7-13(8-10-14)17-15(12-20)18(25)22-19(21-17)28-11-5-3-2-4-6-16(24)23-26/h7-10,26H,2-6,11H2,1H3,(H,23,24)(H,21,22,25). The Balaban J connectivity index is 1.98. The molecule has 148 valence electrons. The smallest absolute Gasteiger partial charge is 0.270 e. The van der Waals surface area contributed by atoms with E-state index in [9.17, 15) is 14.9 Å². The number of carbonyl (C=O) groups is 1. The molecule has 1 amide bonds. The second kappa shape index (κ2) is 11.1. The zero-order valence-corrected chi connectivity index (χ0v) is 16.3. The number of methoxy groups -OCH3 is 1. The Hall–Kier alpha value is -2.83. The highest BCUT2D eigenvalue weighted by Crippen LogP contribution is 2.24. The number of thioether (sulfide) groups is 1. The van der Waals surface area contributed by atoms with Gasteiger partial charge in [-0.1, -0.05) is 24.6 Å². The van der Waals surface area contributed by atoms with Crippen LogP contribution in [0.3, 0.4) is 0 Å². The van der Waals surface area contributed by atoms with Gasteiger partial charge in [0.1, 0.15) is 17.4 Å². The van der Waals surface area contributed by atoms with Crippen LogP contribution in [-0.2, 0) is 4.79 Å². The topological polar surface area (TPSA) is 128 Å². The van der Waals surface area contributed by atoms with Crippen molar-refractivity contribution in [2.75, 3.05) is 12.9 Å². The van der Waals surface area contributed by atoms with E-state index in [-0.39, 0.29) is 11.5 Å². The molecule has 0 aliphatic rings. The van der Waals surface area contributed by atoms with Crippen molar-refractivity contribution >= 4 is 17.7 Å². The van der Waals surface area contributed by atoms with E-state index in [1.807, 2.05) is 6.07 Å². The van der Waals surface area contributed by atoms with Crippen LogP contribution in [0.15, 0.2) is 34.2 Å². The van der Waals surface area contributed by atoms with Gasteiger partial charge >= 0.3 is 0 Å². The summed E-state index contributed by atoms with van der Waals surface area (Å²) in [4.78, 5) is 30.3. The predicted molar refractivity (Wildman–Crippen MR) is 105 cm³/mol. The van der Waals surface area contributed by atoms with Crippen LogP contribution in [0.2, 0.25) is 0 Å². The molecule has 0 unspecified atom stereocenters. The lowest BCUT2D eigenvalue weighted by atomic mass is 10.1. The van der Waals surface area contributed by atoms with E-state index in [4.69, 9.17) is 9.94 Å². The maximum atomic E-state index is 12.2. The van der Waals surface area contributed by atoms with Crippen LogP contribution < -0.4 is 15.8 Å². The number of hydroxylamine groups is 1. The number of H-pyrrole nitrogens is 1. The van der Waals surface area contributed by atoms with Gasteiger partial charge in [0.15, 0.2) is 5.16 Å². The summed E-state index contributed by atoms with van der Waals surface area (Å²) in [5.74, 6) is 1.06. The number of hydrogen-bond acceptors (Lipinski definition) is 7. The van der Waals surface area contributed by atoms with Crippen molar-refractivity contribution in [2.45, 2.75) is 37.3 Å². The van der Waals surface area contributed by atoms with Crippen molar-refractivity contribution in [2.24, 2.45) is 0 Å². The Bertz CT molecular complexity index is 890. The first-order valence-electron chi connectivity index (χ1n) is 8.83. The molecule has 0 aliphatic carbocycles. The molecular weight excluding hydrogens is 380 g/mol. The highest BCUT2D eigenvalue weighted by molar-refractivity contribution is 7.99. The van der Waals surface area contributed by atoms with Gasteiger partial charge in [0.25, 0.3) is 5.56 Å². The molecule has 28 heavy (non-hydrogen) atoms. The molecule has 0 bridgehead atoms. The van der Waals surface area contributed by atoms with Crippen LogP contribution in [0.5, 0.6) is 5.75 Å². The minimum Gasteiger partial charge on any atom is -0.497 e.